The van der Waals surface area contributed by atoms with Crippen LogP contribution in [0.4, 0.5) is 0 Å². The third kappa shape index (κ3) is 7.96. The molecule has 202 valence electrons. The number of carbonyl (C=O) groups is 1. The number of rotatable bonds is 13. The van der Waals surface area contributed by atoms with Gasteiger partial charge in [-0.15, -0.1) is 0 Å². The molecule has 0 spiro atoms. The van der Waals surface area contributed by atoms with Crippen LogP contribution in [0, 0.1) is 0 Å². The molecule has 0 N–H and O–H groups in total. The molecule has 0 saturated heterocycles. The molecular formula is C33H40O5. The van der Waals surface area contributed by atoms with Gasteiger partial charge in [0.25, 0.3) is 0 Å². The van der Waals surface area contributed by atoms with Crippen molar-refractivity contribution in [3.63, 3.8) is 0 Å². The molecule has 0 amide bonds. The van der Waals surface area contributed by atoms with Crippen molar-refractivity contribution in [3.8, 4) is 22.6 Å². The highest BCUT2D eigenvalue weighted by Gasteiger charge is 2.20. The summed E-state index contributed by atoms with van der Waals surface area (Å²) in [5, 5.41) is 0. The fourth-order valence-electron chi connectivity index (χ4n) is 4.19. The molecule has 0 fully saturated rings. The Bertz CT molecular complexity index is 1190. The minimum Gasteiger partial charge on any atom is -0.496 e. The molecule has 5 heteroatoms. The van der Waals surface area contributed by atoms with E-state index in [4.69, 9.17) is 18.9 Å². The highest BCUT2D eigenvalue weighted by Crippen LogP contribution is 2.33. The zero-order chi connectivity index (χ0) is 27.5. The molecule has 38 heavy (non-hydrogen) atoms. The van der Waals surface area contributed by atoms with E-state index in [0.29, 0.717) is 32.2 Å². The lowest BCUT2D eigenvalue weighted by Crippen LogP contribution is -2.28. The fourth-order valence-corrected chi connectivity index (χ4v) is 4.19. The number of ether oxygens (including phenoxy) is 4. The fraction of sp³-hybridized carbons (Fsp3) is 0.364. The van der Waals surface area contributed by atoms with Crippen molar-refractivity contribution in [1.82, 2.24) is 0 Å². The van der Waals surface area contributed by atoms with E-state index >= 15 is 0 Å². The van der Waals surface area contributed by atoms with Gasteiger partial charge in [-0.25, -0.2) is 4.79 Å². The molecular weight excluding hydrogens is 476 g/mol. The summed E-state index contributed by atoms with van der Waals surface area (Å²) in [7, 11) is 1.71. The molecule has 0 radical (unpaired) electrons. The summed E-state index contributed by atoms with van der Waals surface area (Å²) in [5.41, 5.74) is 6.81. The van der Waals surface area contributed by atoms with E-state index < -0.39 is 6.10 Å². The zero-order valence-electron chi connectivity index (χ0n) is 23.5. The van der Waals surface area contributed by atoms with Crippen molar-refractivity contribution in [2.24, 2.45) is 0 Å². The molecule has 0 aromatic heterocycles. The Kier molecular flexibility index (Phi) is 11.0. The predicted octanol–water partition coefficient (Wildman–Crippen LogP) is 7.48. The zero-order valence-corrected chi connectivity index (χ0v) is 23.5. The average Bonchev–Trinajstić information content (AvgIpc) is 2.93. The van der Waals surface area contributed by atoms with E-state index in [0.717, 1.165) is 39.3 Å². The Morgan fingerprint density at radius 2 is 1.63 bits per heavy atom. The van der Waals surface area contributed by atoms with Crippen molar-refractivity contribution >= 4 is 11.5 Å². The van der Waals surface area contributed by atoms with E-state index in [1.54, 1.807) is 14.0 Å². The van der Waals surface area contributed by atoms with E-state index in [1.807, 2.05) is 37.3 Å². The largest absolute Gasteiger partial charge is 0.496 e. The molecule has 0 unspecified atom stereocenters. The molecule has 3 rings (SSSR count). The molecule has 0 heterocycles. The van der Waals surface area contributed by atoms with Gasteiger partial charge in [-0.1, -0.05) is 56.3 Å². The smallest absolute Gasteiger partial charge is 0.335 e. The third-order valence-corrected chi connectivity index (χ3v) is 6.44. The Labute approximate surface area is 227 Å². The predicted molar refractivity (Wildman–Crippen MR) is 154 cm³/mol. The van der Waals surface area contributed by atoms with Crippen LogP contribution in [0.1, 0.15) is 57.2 Å². The summed E-state index contributed by atoms with van der Waals surface area (Å²) < 4.78 is 22.2. The maximum atomic E-state index is 12.1. The van der Waals surface area contributed by atoms with Crippen molar-refractivity contribution in [2.45, 2.75) is 53.1 Å². The number of hydrogen-bond acceptors (Lipinski definition) is 5. The van der Waals surface area contributed by atoms with Crippen molar-refractivity contribution < 1.29 is 23.7 Å². The molecule has 5 nitrogen and oxygen atoms in total. The Hall–Kier alpha value is -3.57. The number of carbonyl (C=O) groups excluding carboxylic acids is 1. The van der Waals surface area contributed by atoms with Crippen LogP contribution in [-0.2, 0) is 20.7 Å². The maximum absolute atomic E-state index is 12.1. The average molecular weight is 517 g/mol. The quantitative estimate of drug-likeness (QED) is 0.221. The summed E-state index contributed by atoms with van der Waals surface area (Å²) in [6.45, 7) is 11.4. The van der Waals surface area contributed by atoms with E-state index in [-0.39, 0.29) is 5.97 Å². The Balaban J connectivity index is 1.60. The lowest BCUT2D eigenvalue weighted by atomic mass is 9.95. The second-order valence-corrected chi connectivity index (χ2v) is 9.43. The van der Waals surface area contributed by atoms with Gasteiger partial charge in [0.05, 0.1) is 13.7 Å². The van der Waals surface area contributed by atoms with Crippen LogP contribution in [0.5, 0.6) is 11.5 Å². The monoisotopic (exact) mass is 516 g/mol. The van der Waals surface area contributed by atoms with Crippen LogP contribution in [-0.4, -0.2) is 39.0 Å². The van der Waals surface area contributed by atoms with Gasteiger partial charge in [0.1, 0.15) is 18.1 Å². The van der Waals surface area contributed by atoms with Gasteiger partial charge in [0, 0.05) is 18.6 Å². The Morgan fingerprint density at radius 3 is 2.24 bits per heavy atom. The molecule has 0 aliphatic rings. The SMILES string of the molecule is CCOC(=O)[C@H](Cc1ccc(OC/C=C(\C)c2ccc(-c3cc(C(C)C)ccc3OC)cc2)cc1)OCC. The lowest BCUT2D eigenvalue weighted by Gasteiger charge is -2.15. The summed E-state index contributed by atoms with van der Waals surface area (Å²) >= 11 is 0. The standard InChI is InChI=1S/C33H40O5/c1-7-36-32(33(34)37-8-2)21-25-9-16-29(17-10-25)38-20-19-24(5)26-11-13-27(14-12-26)30-22-28(23(3)4)15-18-31(30)35-6/h9-19,22-23,32H,7-8,20-21H2,1-6H3/b24-19+/t32-/m0/s1. The van der Waals surface area contributed by atoms with Crippen LogP contribution in [0.15, 0.2) is 72.8 Å². The number of hydrogen-bond donors (Lipinski definition) is 0. The minimum absolute atomic E-state index is 0.327. The highest BCUT2D eigenvalue weighted by molar-refractivity contribution is 5.75. The van der Waals surface area contributed by atoms with Crippen molar-refractivity contribution in [3.05, 3.63) is 89.5 Å². The molecule has 0 aliphatic carbocycles. The van der Waals surface area contributed by atoms with Gasteiger partial charge in [0.15, 0.2) is 6.10 Å². The Morgan fingerprint density at radius 1 is 0.921 bits per heavy atom. The summed E-state index contributed by atoms with van der Waals surface area (Å²) in [4.78, 5) is 12.1. The van der Waals surface area contributed by atoms with E-state index in [2.05, 4.69) is 63.2 Å². The number of methoxy groups -OCH3 is 1. The van der Waals surface area contributed by atoms with E-state index in [1.165, 1.54) is 5.56 Å². The first-order valence-corrected chi connectivity index (χ1v) is 13.3. The molecule has 3 aromatic rings. The normalized spacial score (nSPS) is 12.3. The van der Waals surface area contributed by atoms with Crippen LogP contribution < -0.4 is 9.47 Å². The highest BCUT2D eigenvalue weighted by atomic mass is 16.6. The first kappa shape index (κ1) is 29.0. The summed E-state index contributed by atoms with van der Waals surface area (Å²) in [6.07, 6.45) is 1.95. The minimum atomic E-state index is -0.594. The maximum Gasteiger partial charge on any atom is 0.335 e. The molecule has 0 aliphatic heterocycles. The molecule has 1 atom stereocenters. The second kappa shape index (κ2) is 14.4. The van der Waals surface area contributed by atoms with Crippen LogP contribution >= 0.6 is 0 Å². The van der Waals surface area contributed by atoms with Crippen molar-refractivity contribution in [1.29, 1.82) is 0 Å². The lowest BCUT2D eigenvalue weighted by molar-refractivity contribution is -0.156. The third-order valence-electron chi connectivity index (χ3n) is 6.44. The molecule has 0 bridgehead atoms. The van der Waals surface area contributed by atoms with Gasteiger partial charge in [-0.3, -0.25) is 0 Å². The van der Waals surface area contributed by atoms with Gasteiger partial charge < -0.3 is 18.9 Å². The molecule has 3 aromatic carbocycles. The van der Waals surface area contributed by atoms with Gasteiger partial charge in [0.2, 0.25) is 0 Å². The summed E-state index contributed by atoms with van der Waals surface area (Å²) in [6, 6.07) is 22.7. The number of benzene rings is 3. The van der Waals surface area contributed by atoms with Crippen LogP contribution in [0.2, 0.25) is 0 Å². The number of allylic oxidation sites excluding steroid dienone is 1. The van der Waals surface area contributed by atoms with E-state index in [9.17, 15) is 4.79 Å². The van der Waals surface area contributed by atoms with Gasteiger partial charge in [-0.05, 0) is 84.9 Å². The summed E-state index contributed by atoms with van der Waals surface area (Å²) in [5.74, 6) is 1.78. The van der Waals surface area contributed by atoms with Gasteiger partial charge >= 0.3 is 5.97 Å². The topological polar surface area (TPSA) is 54.0 Å². The first-order chi connectivity index (χ1) is 18.4. The second-order valence-electron chi connectivity index (χ2n) is 9.43. The van der Waals surface area contributed by atoms with Crippen LogP contribution in [0.3, 0.4) is 0 Å². The van der Waals surface area contributed by atoms with Gasteiger partial charge in [-0.2, -0.15) is 0 Å². The van der Waals surface area contributed by atoms with Crippen LogP contribution in [0.25, 0.3) is 16.7 Å². The number of esters is 1. The first-order valence-electron chi connectivity index (χ1n) is 13.3. The van der Waals surface area contributed by atoms with Crippen molar-refractivity contribution in [2.75, 3.05) is 26.9 Å². The molecule has 0 saturated carbocycles.